The lowest BCUT2D eigenvalue weighted by Gasteiger charge is -2.26. The van der Waals surface area contributed by atoms with Crippen LogP contribution in [-0.4, -0.2) is 48.9 Å². The Bertz CT molecular complexity index is 176. The number of carbonyl (C=O) groups excluding carboxylic acids is 1. The summed E-state index contributed by atoms with van der Waals surface area (Å²) in [5.41, 5.74) is 0. The average Bonchev–Trinajstić information content (AvgIpc) is 2.03. The highest BCUT2D eigenvalue weighted by Gasteiger charge is 2.13. The van der Waals surface area contributed by atoms with Crippen molar-refractivity contribution < 1.29 is 4.79 Å². The number of hydrogen-bond donors (Lipinski definition) is 0. The summed E-state index contributed by atoms with van der Waals surface area (Å²) in [6.45, 7) is 9.15. The van der Waals surface area contributed by atoms with E-state index in [4.69, 9.17) is 0 Å². The van der Waals surface area contributed by atoms with Crippen molar-refractivity contribution in [2.24, 2.45) is 0 Å². The maximum atomic E-state index is 11.4. The first-order chi connectivity index (χ1) is 5.99. The maximum absolute atomic E-state index is 11.4. The first-order valence-corrected chi connectivity index (χ1v) is 4.56. The van der Waals surface area contributed by atoms with Gasteiger partial charge in [-0.2, -0.15) is 0 Å². The Morgan fingerprint density at radius 1 is 1.38 bits per heavy atom. The van der Waals surface area contributed by atoms with Gasteiger partial charge in [-0.3, -0.25) is 4.79 Å². The zero-order chi connectivity index (χ0) is 10.4. The highest BCUT2D eigenvalue weighted by Crippen LogP contribution is 1.99. The van der Waals surface area contributed by atoms with Gasteiger partial charge in [0.1, 0.15) is 0 Å². The average molecular weight is 184 g/mol. The molecule has 0 radical (unpaired) electrons. The van der Waals surface area contributed by atoms with Gasteiger partial charge in [-0.25, -0.2) is 0 Å². The van der Waals surface area contributed by atoms with E-state index >= 15 is 0 Å². The molecule has 3 heteroatoms. The van der Waals surface area contributed by atoms with E-state index in [2.05, 4.69) is 11.5 Å². The molecule has 0 spiro atoms. The van der Waals surface area contributed by atoms with Gasteiger partial charge < -0.3 is 9.80 Å². The second kappa shape index (κ2) is 5.75. The molecule has 0 rings (SSSR count). The fourth-order valence-corrected chi connectivity index (χ4v) is 1.05. The smallest absolute Gasteiger partial charge is 0.246 e. The van der Waals surface area contributed by atoms with Gasteiger partial charge in [-0.15, -0.1) is 0 Å². The van der Waals surface area contributed by atoms with Gasteiger partial charge in [-0.05, 0) is 34.0 Å². The zero-order valence-electron chi connectivity index (χ0n) is 9.08. The number of hydrogen-bond acceptors (Lipinski definition) is 2. The molecular weight excluding hydrogens is 164 g/mol. The van der Waals surface area contributed by atoms with E-state index in [1.165, 1.54) is 6.08 Å². The summed E-state index contributed by atoms with van der Waals surface area (Å²) in [5, 5.41) is 0. The Balaban J connectivity index is 4.10. The van der Waals surface area contributed by atoms with E-state index in [0.717, 1.165) is 13.1 Å². The Kier molecular flexibility index (Phi) is 5.39. The minimum absolute atomic E-state index is 0.0110. The van der Waals surface area contributed by atoms with Crippen molar-refractivity contribution in [3.05, 3.63) is 12.7 Å². The van der Waals surface area contributed by atoms with E-state index in [0.29, 0.717) is 0 Å². The lowest BCUT2D eigenvalue weighted by atomic mass is 10.3. The summed E-state index contributed by atoms with van der Waals surface area (Å²) in [4.78, 5) is 15.2. The maximum Gasteiger partial charge on any atom is 0.246 e. The predicted molar refractivity (Wildman–Crippen MR) is 55.6 cm³/mol. The molecule has 3 nitrogen and oxygen atoms in total. The van der Waals surface area contributed by atoms with Gasteiger partial charge in [0.2, 0.25) is 5.91 Å². The Hall–Kier alpha value is -0.830. The summed E-state index contributed by atoms with van der Waals surface area (Å²) in [7, 11) is 3.99. The molecular formula is C10H20N2O. The van der Waals surface area contributed by atoms with Crippen molar-refractivity contribution in [1.29, 1.82) is 0 Å². The van der Waals surface area contributed by atoms with E-state index in [-0.39, 0.29) is 11.9 Å². The van der Waals surface area contributed by atoms with Crippen LogP contribution in [0.5, 0.6) is 0 Å². The Labute approximate surface area is 81.0 Å². The molecule has 0 saturated heterocycles. The SMILES string of the molecule is C=CC(=O)N(CCN(C)C)C(C)C. The Morgan fingerprint density at radius 3 is 2.23 bits per heavy atom. The van der Waals surface area contributed by atoms with Crippen molar-refractivity contribution >= 4 is 5.91 Å². The van der Waals surface area contributed by atoms with Gasteiger partial charge in [0.15, 0.2) is 0 Å². The van der Waals surface area contributed by atoms with Crippen LogP contribution in [0.2, 0.25) is 0 Å². The van der Waals surface area contributed by atoms with Crippen LogP contribution in [0.1, 0.15) is 13.8 Å². The monoisotopic (exact) mass is 184 g/mol. The van der Waals surface area contributed by atoms with Crippen molar-refractivity contribution in [1.82, 2.24) is 9.80 Å². The molecule has 1 amide bonds. The lowest BCUT2D eigenvalue weighted by molar-refractivity contribution is -0.127. The van der Waals surface area contributed by atoms with Crippen LogP contribution in [0.4, 0.5) is 0 Å². The third-order valence-electron chi connectivity index (χ3n) is 1.87. The number of likely N-dealkylation sites (N-methyl/N-ethyl adjacent to an activating group) is 1. The molecule has 0 aliphatic rings. The fourth-order valence-electron chi connectivity index (χ4n) is 1.05. The van der Waals surface area contributed by atoms with Crippen molar-refractivity contribution in [2.75, 3.05) is 27.2 Å². The molecule has 0 fully saturated rings. The minimum atomic E-state index is 0.0110. The molecule has 0 aromatic heterocycles. The van der Waals surface area contributed by atoms with Gasteiger partial charge in [-0.1, -0.05) is 6.58 Å². The predicted octanol–water partition coefficient (Wildman–Crippen LogP) is 0.971. The largest absolute Gasteiger partial charge is 0.335 e. The third-order valence-corrected chi connectivity index (χ3v) is 1.87. The molecule has 0 heterocycles. The number of amides is 1. The molecule has 0 bridgehead atoms. The van der Waals surface area contributed by atoms with Crippen molar-refractivity contribution in [3.63, 3.8) is 0 Å². The van der Waals surface area contributed by atoms with E-state index in [1.54, 1.807) is 0 Å². The summed E-state index contributed by atoms with van der Waals surface area (Å²) in [6.07, 6.45) is 1.37. The van der Waals surface area contributed by atoms with Gasteiger partial charge >= 0.3 is 0 Å². The molecule has 13 heavy (non-hydrogen) atoms. The van der Waals surface area contributed by atoms with Crippen LogP contribution in [0.15, 0.2) is 12.7 Å². The Morgan fingerprint density at radius 2 is 1.92 bits per heavy atom. The molecule has 76 valence electrons. The highest BCUT2D eigenvalue weighted by molar-refractivity contribution is 5.87. The molecule has 0 aromatic rings. The standard InChI is InChI=1S/C10H20N2O/c1-6-10(13)12(9(2)3)8-7-11(4)5/h6,9H,1,7-8H2,2-5H3. The quantitative estimate of drug-likeness (QED) is 0.594. The van der Waals surface area contributed by atoms with E-state index < -0.39 is 0 Å². The molecule has 0 aromatic carbocycles. The summed E-state index contributed by atoms with van der Waals surface area (Å²) < 4.78 is 0. The van der Waals surface area contributed by atoms with Crippen LogP contribution >= 0.6 is 0 Å². The van der Waals surface area contributed by atoms with E-state index in [9.17, 15) is 4.79 Å². The van der Waals surface area contributed by atoms with Crippen LogP contribution in [0.25, 0.3) is 0 Å². The van der Waals surface area contributed by atoms with Crippen molar-refractivity contribution in [2.45, 2.75) is 19.9 Å². The minimum Gasteiger partial charge on any atom is -0.335 e. The van der Waals surface area contributed by atoms with Crippen LogP contribution < -0.4 is 0 Å². The summed E-state index contributed by atoms with van der Waals surface area (Å²) in [6, 6.07) is 0.241. The van der Waals surface area contributed by atoms with Gasteiger partial charge in [0.05, 0.1) is 0 Å². The van der Waals surface area contributed by atoms with Crippen LogP contribution in [0, 0.1) is 0 Å². The molecule has 0 unspecified atom stereocenters. The first kappa shape index (κ1) is 12.2. The number of nitrogens with zero attached hydrogens (tertiary/aromatic N) is 2. The topological polar surface area (TPSA) is 23.6 Å². The number of carbonyl (C=O) groups is 1. The van der Waals surface area contributed by atoms with Gasteiger partial charge in [0.25, 0.3) is 0 Å². The lowest BCUT2D eigenvalue weighted by Crippen LogP contribution is -2.40. The molecule has 0 atom stereocenters. The van der Waals surface area contributed by atoms with E-state index in [1.807, 2.05) is 32.8 Å². The molecule has 0 aliphatic carbocycles. The molecule has 0 aliphatic heterocycles. The first-order valence-electron chi connectivity index (χ1n) is 4.56. The third kappa shape index (κ3) is 4.68. The molecule has 0 saturated carbocycles. The second-order valence-corrected chi connectivity index (χ2v) is 3.63. The second-order valence-electron chi connectivity index (χ2n) is 3.63. The number of rotatable bonds is 5. The van der Waals surface area contributed by atoms with Crippen LogP contribution in [-0.2, 0) is 4.79 Å². The van der Waals surface area contributed by atoms with Crippen LogP contribution in [0.3, 0.4) is 0 Å². The summed E-state index contributed by atoms with van der Waals surface area (Å²) >= 11 is 0. The summed E-state index contributed by atoms with van der Waals surface area (Å²) in [5.74, 6) is 0.0110. The highest BCUT2D eigenvalue weighted by atomic mass is 16.2. The normalized spacial score (nSPS) is 10.6. The molecule has 0 N–H and O–H groups in total. The van der Waals surface area contributed by atoms with Gasteiger partial charge in [0, 0.05) is 19.1 Å². The van der Waals surface area contributed by atoms with Crippen molar-refractivity contribution in [3.8, 4) is 0 Å². The zero-order valence-corrected chi connectivity index (χ0v) is 9.08. The fraction of sp³-hybridized carbons (Fsp3) is 0.700.